The minimum Gasteiger partial charge on any atom is -0.493 e. The third-order valence-electron chi connectivity index (χ3n) is 5.15. The molecule has 0 aliphatic heterocycles. The summed E-state index contributed by atoms with van der Waals surface area (Å²) in [4.78, 5) is 28.0. The van der Waals surface area contributed by atoms with Crippen molar-refractivity contribution in [3.05, 3.63) is 81.0 Å². The highest BCUT2D eigenvalue weighted by atomic mass is 32.1. The van der Waals surface area contributed by atoms with Gasteiger partial charge in [-0.15, -0.1) is 11.3 Å². The molecule has 4 aromatic rings. The lowest BCUT2D eigenvalue weighted by Gasteiger charge is -2.22. The smallest absolute Gasteiger partial charge is 0.420 e. The Balaban J connectivity index is 1.47. The van der Waals surface area contributed by atoms with Gasteiger partial charge in [-0.25, -0.2) is 4.79 Å². The van der Waals surface area contributed by atoms with Crippen molar-refractivity contribution in [2.75, 3.05) is 13.7 Å². The summed E-state index contributed by atoms with van der Waals surface area (Å²) in [6.45, 7) is 3.19. The average molecular weight is 453 g/mol. The Labute approximate surface area is 189 Å². The van der Waals surface area contributed by atoms with Gasteiger partial charge in [0.05, 0.1) is 12.6 Å². The Morgan fingerprint density at radius 3 is 2.72 bits per heavy atom. The highest BCUT2D eigenvalue weighted by Crippen LogP contribution is 2.30. The summed E-state index contributed by atoms with van der Waals surface area (Å²) in [7, 11) is 1.59. The van der Waals surface area contributed by atoms with Crippen LogP contribution in [0.15, 0.2) is 69.2 Å². The maximum Gasteiger partial charge on any atom is 0.420 e. The topological polar surface area (TPSA) is 73.9 Å². The number of methoxy groups -OCH3 is 1. The predicted molar refractivity (Wildman–Crippen MR) is 123 cm³/mol. The highest BCUT2D eigenvalue weighted by molar-refractivity contribution is 7.09. The lowest BCUT2D eigenvalue weighted by Crippen LogP contribution is -2.35. The van der Waals surface area contributed by atoms with E-state index >= 15 is 0 Å². The van der Waals surface area contributed by atoms with E-state index in [1.807, 2.05) is 48.7 Å². The van der Waals surface area contributed by atoms with Crippen LogP contribution in [0, 0.1) is 0 Å². The maximum absolute atomic E-state index is 13.0. The van der Waals surface area contributed by atoms with E-state index < -0.39 is 5.76 Å². The van der Waals surface area contributed by atoms with Gasteiger partial charge in [-0.2, -0.15) is 0 Å². The summed E-state index contributed by atoms with van der Waals surface area (Å²) in [6.07, 6.45) is 0. The van der Waals surface area contributed by atoms with Crippen LogP contribution in [-0.4, -0.2) is 29.0 Å². The van der Waals surface area contributed by atoms with Gasteiger partial charge in [0.2, 0.25) is 5.91 Å². The molecule has 0 atom stereocenters. The number of rotatable bonds is 9. The quantitative estimate of drug-likeness (QED) is 0.379. The van der Waals surface area contributed by atoms with Crippen molar-refractivity contribution in [1.82, 2.24) is 9.47 Å². The first-order valence-corrected chi connectivity index (χ1v) is 11.1. The number of benzene rings is 2. The summed E-state index contributed by atoms with van der Waals surface area (Å²) in [5.41, 5.74) is 1.98. The molecule has 4 rings (SSSR count). The van der Waals surface area contributed by atoms with Gasteiger partial charge in [0.25, 0.3) is 0 Å². The van der Waals surface area contributed by atoms with E-state index in [1.54, 1.807) is 41.5 Å². The normalized spacial score (nSPS) is 10.9. The fourth-order valence-electron chi connectivity index (χ4n) is 3.47. The summed E-state index contributed by atoms with van der Waals surface area (Å²) in [5.74, 6) is 0.553. The number of oxazole rings is 1. The molecule has 0 spiro atoms. The first-order chi connectivity index (χ1) is 15.6. The van der Waals surface area contributed by atoms with Crippen LogP contribution in [-0.2, 0) is 24.5 Å². The molecule has 0 aliphatic carbocycles. The molecule has 0 saturated heterocycles. The molecule has 8 heteroatoms. The van der Waals surface area contributed by atoms with E-state index in [2.05, 4.69) is 0 Å². The number of likely N-dealkylation sites (N-methyl/N-ethyl adjacent to an activating group) is 1. The number of amides is 1. The third-order valence-corrected chi connectivity index (χ3v) is 6.00. The molecule has 0 aliphatic rings. The number of ether oxygens (including phenoxy) is 2. The van der Waals surface area contributed by atoms with Crippen LogP contribution in [0.25, 0.3) is 11.1 Å². The maximum atomic E-state index is 13.0. The fourth-order valence-corrected chi connectivity index (χ4v) is 4.08. The van der Waals surface area contributed by atoms with Gasteiger partial charge in [0, 0.05) is 18.0 Å². The molecule has 0 unspecified atom stereocenters. The van der Waals surface area contributed by atoms with Crippen LogP contribution in [0.1, 0.15) is 17.4 Å². The van der Waals surface area contributed by atoms with Crippen LogP contribution in [0.5, 0.6) is 11.5 Å². The zero-order valence-corrected chi connectivity index (χ0v) is 18.8. The SMILES string of the molecule is CCN(Cc1ccc(OCc2cccs2)c(OC)c1)C(=O)Cn1c(=O)oc2ccccc21. The van der Waals surface area contributed by atoms with Gasteiger partial charge in [0.1, 0.15) is 13.2 Å². The van der Waals surface area contributed by atoms with Crippen molar-refractivity contribution in [3.8, 4) is 11.5 Å². The Hall–Kier alpha value is -3.52. The molecule has 0 saturated carbocycles. The van der Waals surface area contributed by atoms with Gasteiger partial charge < -0.3 is 18.8 Å². The van der Waals surface area contributed by atoms with Crippen molar-refractivity contribution in [2.24, 2.45) is 0 Å². The molecule has 0 fully saturated rings. The summed E-state index contributed by atoms with van der Waals surface area (Å²) >= 11 is 1.64. The average Bonchev–Trinajstić information content (AvgIpc) is 3.44. The second-order valence-electron chi connectivity index (χ2n) is 7.18. The lowest BCUT2D eigenvalue weighted by molar-refractivity contribution is -0.132. The second kappa shape index (κ2) is 9.74. The van der Waals surface area contributed by atoms with Gasteiger partial charge >= 0.3 is 5.76 Å². The summed E-state index contributed by atoms with van der Waals surface area (Å²) in [6, 6.07) is 16.7. The Morgan fingerprint density at radius 2 is 1.97 bits per heavy atom. The van der Waals surface area contributed by atoms with Crippen LogP contribution in [0.4, 0.5) is 0 Å². The molecule has 0 N–H and O–H groups in total. The van der Waals surface area contributed by atoms with Crippen molar-refractivity contribution >= 4 is 28.3 Å². The van der Waals surface area contributed by atoms with E-state index in [9.17, 15) is 9.59 Å². The molecule has 0 bridgehead atoms. The molecule has 2 aromatic heterocycles. The molecule has 7 nitrogen and oxygen atoms in total. The first kappa shape index (κ1) is 21.7. The monoisotopic (exact) mass is 452 g/mol. The van der Waals surface area contributed by atoms with Crippen LogP contribution in [0.2, 0.25) is 0 Å². The van der Waals surface area contributed by atoms with Crippen molar-refractivity contribution in [2.45, 2.75) is 26.6 Å². The van der Waals surface area contributed by atoms with E-state index in [0.29, 0.717) is 42.3 Å². The van der Waals surface area contributed by atoms with Crippen molar-refractivity contribution < 1.29 is 18.7 Å². The molecule has 166 valence electrons. The number of hydrogen-bond donors (Lipinski definition) is 0. The van der Waals surface area contributed by atoms with Gasteiger partial charge in [-0.1, -0.05) is 24.3 Å². The van der Waals surface area contributed by atoms with Crippen molar-refractivity contribution in [1.29, 1.82) is 0 Å². The standard InChI is InChI=1S/C24H24N2O5S/c1-3-25(23(27)15-26-19-8-4-5-9-20(19)31-24(26)28)14-17-10-11-21(22(13-17)29-2)30-16-18-7-6-12-32-18/h4-13H,3,14-16H2,1-2H3. The van der Waals surface area contributed by atoms with Crippen LogP contribution >= 0.6 is 11.3 Å². The Bertz CT molecular complexity index is 1260. The largest absolute Gasteiger partial charge is 0.493 e. The summed E-state index contributed by atoms with van der Waals surface area (Å²) in [5, 5.41) is 2.01. The van der Waals surface area contributed by atoms with Gasteiger partial charge in [-0.05, 0) is 48.2 Å². The number of para-hydroxylation sites is 2. The fraction of sp³-hybridized carbons (Fsp3) is 0.250. The number of carbonyl (C=O) groups excluding carboxylic acids is 1. The van der Waals surface area contributed by atoms with Crippen LogP contribution < -0.4 is 15.2 Å². The lowest BCUT2D eigenvalue weighted by atomic mass is 10.2. The minimum absolute atomic E-state index is 0.0805. The van der Waals surface area contributed by atoms with Gasteiger partial charge in [0.15, 0.2) is 17.1 Å². The molecule has 0 radical (unpaired) electrons. The zero-order valence-electron chi connectivity index (χ0n) is 17.9. The number of carbonyl (C=O) groups is 1. The van der Waals surface area contributed by atoms with E-state index in [4.69, 9.17) is 13.9 Å². The molecular formula is C24H24N2O5S. The Morgan fingerprint density at radius 1 is 1.12 bits per heavy atom. The van der Waals surface area contributed by atoms with Gasteiger partial charge in [-0.3, -0.25) is 9.36 Å². The number of hydrogen-bond acceptors (Lipinski definition) is 6. The van der Waals surface area contributed by atoms with Crippen LogP contribution in [0.3, 0.4) is 0 Å². The third kappa shape index (κ3) is 4.70. The Kier molecular flexibility index (Phi) is 6.61. The van der Waals surface area contributed by atoms with Crippen molar-refractivity contribution in [3.63, 3.8) is 0 Å². The molecular weight excluding hydrogens is 428 g/mol. The summed E-state index contributed by atoms with van der Waals surface area (Å²) < 4.78 is 18.0. The number of thiophene rings is 1. The second-order valence-corrected chi connectivity index (χ2v) is 8.22. The number of aromatic nitrogens is 1. The number of nitrogens with zero attached hydrogens (tertiary/aromatic N) is 2. The van der Waals surface area contributed by atoms with E-state index in [0.717, 1.165) is 10.4 Å². The highest BCUT2D eigenvalue weighted by Gasteiger charge is 2.18. The van der Waals surface area contributed by atoms with E-state index in [-0.39, 0.29) is 12.5 Å². The molecule has 2 aromatic carbocycles. The molecule has 1 amide bonds. The number of fused-ring (bicyclic) bond motifs is 1. The predicted octanol–water partition coefficient (Wildman–Crippen LogP) is 4.29. The minimum atomic E-state index is -0.537. The molecule has 32 heavy (non-hydrogen) atoms. The first-order valence-electron chi connectivity index (χ1n) is 10.3. The molecule has 2 heterocycles. The van der Waals surface area contributed by atoms with E-state index in [1.165, 1.54) is 4.57 Å². The zero-order chi connectivity index (χ0) is 22.5.